The molecule has 0 fully saturated rings. The minimum atomic E-state index is -2.95. The zero-order valence-electron chi connectivity index (χ0n) is 21.2. The molecule has 6 unspecified atom stereocenters. The number of aliphatic hydroxyl groups is 4. The molecule has 2 aromatic rings. The van der Waals surface area contributed by atoms with Crippen molar-refractivity contribution in [3.05, 3.63) is 82.3 Å². The van der Waals surface area contributed by atoms with E-state index in [1.807, 2.05) is 30.3 Å². The molecule has 0 saturated heterocycles. The van der Waals surface area contributed by atoms with E-state index in [0.29, 0.717) is 5.56 Å². The standard InChI is InChI=1S/C28H29N3O8/c1-31(2)21-20-23(34)17-14(11-30-12-7-4-3-5-8-12)13-9-6-10-15(32)16(13)22(33)18(17)25(36)28(20,39)26(37)19(24(21)35)27(29)38/h3-10,14,17,20-21,23,30,32,34-36,39H,11H2,1-2H3,(H2,29,38). The highest BCUT2D eigenvalue weighted by molar-refractivity contribution is 6.25. The quantitative estimate of drug-likeness (QED) is 0.269. The Hall–Kier alpha value is -4.19. The summed E-state index contributed by atoms with van der Waals surface area (Å²) in [6, 6.07) is 12.3. The lowest BCUT2D eigenvalue weighted by Gasteiger charge is -2.53. The Morgan fingerprint density at radius 2 is 1.72 bits per heavy atom. The zero-order chi connectivity index (χ0) is 28.4. The van der Waals surface area contributed by atoms with Crippen molar-refractivity contribution in [1.82, 2.24) is 4.90 Å². The summed E-state index contributed by atoms with van der Waals surface area (Å²) in [4.78, 5) is 40.8. The number of Topliss-reactive ketones (excluding diaryl/α,β-unsaturated/α-hetero) is 2. The molecule has 0 aromatic heterocycles. The molecule has 6 atom stereocenters. The third-order valence-corrected chi connectivity index (χ3v) is 8.10. The fraction of sp³-hybridized carbons (Fsp3) is 0.321. The predicted octanol–water partition coefficient (Wildman–Crippen LogP) is 0.745. The average Bonchev–Trinajstić information content (AvgIpc) is 2.88. The first kappa shape index (κ1) is 26.4. The summed E-state index contributed by atoms with van der Waals surface area (Å²) in [7, 11) is 2.99. The van der Waals surface area contributed by atoms with Crippen molar-refractivity contribution >= 4 is 23.2 Å². The van der Waals surface area contributed by atoms with Crippen molar-refractivity contribution in [2.24, 2.45) is 17.6 Å². The van der Waals surface area contributed by atoms with Crippen LogP contribution in [0, 0.1) is 11.8 Å². The van der Waals surface area contributed by atoms with E-state index < -0.39 is 75.6 Å². The fourth-order valence-corrected chi connectivity index (χ4v) is 6.43. The van der Waals surface area contributed by atoms with Crippen LogP contribution in [-0.4, -0.2) is 86.3 Å². The Kier molecular flexibility index (Phi) is 6.25. The molecule has 11 nitrogen and oxygen atoms in total. The van der Waals surface area contributed by atoms with E-state index in [1.165, 1.54) is 25.1 Å². The van der Waals surface area contributed by atoms with E-state index >= 15 is 0 Å². The molecule has 8 N–H and O–H groups in total. The highest BCUT2D eigenvalue weighted by Gasteiger charge is 2.67. The lowest BCUT2D eigenvalue weighted by Crippen LogP contribution is -2.68. The van der Waals surface area contributed by atoms with Gasteiger partial charge in [0.2, 0.25) is 5.78 Å². The van der Waals surface area contributed by atoms with Crippen molar-refractivity contribution in [3.63, 3.8) is 0 Å². The van der Waals surface area contributed by atoms with Crippen molar-refractivity contribution in [1.29, 1.82) is 0 Å². The first-order chi connectivity index (χ1) is 18.4. The van der Waals surface area contributed by atoms with Crippen molar-refractivity contribution < 1.29 is 39.9 Å². The Bertz CT molecular complexity index is 1450. The van der Waals surface area contributed by atoms with Gasteiger partial charge in [0.15, 0.2) is 11.4 Å². The Balaban J connectivity index is 1.75. The second-order valence-electron chi connectivity index (χ2n) is 10.4. The van der Waals surface area contributed by atoms with E-state index in [0.717, 1.165) is 5.69 Å². The predicted molar refractivity (Wildman–Crippen MR) is 139 cm³/mol. The number of fused-ring (bicyclic) bond motifs is 3. The number of nitrogens with one attached hydrogen (secondary N) is 1. The number of amides is 1. The number of nitrogens with two attached hydrogens (primary N) is 1. The molecule has 0 aliphatic heterocycles. The van der Waals surface area contributed by atoms with Gasteiger partial charge in [0.25, 0.3) is 5.91 Å². The van der Waals surface area contributed by atoms with Crippen molar-refractivity contribution in [2.45, 2.75) is 23.7 Å². The molecule has 0 bridgehead atoms. The molecule has 5 rings (SSSR count). The number of likely N-dealkylation sites (N-methyl/N-ethyl adjacent to an activating group) is 1. The number of hydrogen-bond donors (Lipinski definition) is 7. The number of aromatic hydroxyl groups is 1. The number of phenolic OH excluding ortho intramolecular Hbond substituents is 1. The molecule has 39 heavy (non-hydrogen) atoms. The highest BCUT2D eigenvalue weighted by atomic mass is 16.4. The van der Waals surface area contributed by atoms with Crippen molar-refractivity contribution in [2.75, 3.05) is 26.0 Å². The maximum atomic E-state index is 13.8. The number of primary amides is 1. The smallest absolute Gasteiger partial charge is 0.255 e. The summed E-state index contributed by atoms with van der Waals surface area (Å²) in [6.45, 7) is 0.131. The third-order valence-electron chi connectivity index (χ3n) is 8.10. The summed E-state index contributed by atoms with van der Waals surface area (Å²) in [5.41, 5.74) is 2.02. The minimum Gasteiger partial charge on any atom is -0.510 e. The first-order valence-corrected chi connectivity index (χ1v) is 12.4. The molecular weight excluding hydrogens is 506 g/mol. The Morgan fingerprint density at radius 3 is 2.33 bits per heavy atom. The summed E-state index contributed by atoms with van der Waals surface area (Å²) in [5, 5.41) is 60.0. The van der Waals surface area contributed by atoms with Crippen LogP contribution in [0.4, 0.5) is 5.69 Å². The first-order valence-electron chi connectivity index (χ1n) is 12.4. The minimum absolute atomic E-state index is 0.131. The molecule has 2 aromatic carbocycles. The van der Waals surface area contributed by atoms with Gasteiger partial charge in [-0.25, -0.2) is 0 Å². The third kappa shape index (κ3) is 3.65. The average molecular weight is 536 g/mol. The van der Waals surface area contributed by atoms with Crippen LogP contribution >= 0.6 is 0 Å². The molecule has 204 valence electrons. The van der Waals surface area contributed by atoms with Crippen LogP contribution in [0.15, 0.2) is 71.2 Å². The number of para-hydroxylation sites is 1. The normalized spacial score (nSPS) is 30.1. The number of anilines is 1. The number of ketones is 2. The van der Waals surface area contributed by atoms with Gasteiger partial charge in [-0.05, 0) is 37.9 Å². The highest BCUT2D eigenvalue weighted by Crippen LogP contribution is 2.55. The van der Waals surface area contributed by atoms with Gasteiger partial charge in [-0.3, -0.25) is 19.3 Å². The molecule has 0 heterocycles. The number of carbonyl (C=O) groups is 3. The van der Waals surface area contributed by atoms with Crippen LogP contribution in [0.1, 0.15) is 21.8 Å². The van der Waals surface area contributed by atoms with Crippen LogP contribution in [0.3, 0.4) is 0 Å². The van der Waals surface area contributed by atoms with E-state index in [1.54, 1.807) is 12.1 Å². The van der Waals surface area contributed by atoms with Gasteiger partial charge in [-0.15, -0.1) is 0 Å². The van der Waals surface area contributed by atoms with Crippen LogP contribution < -0.4 is 11.1 Å². The molecule has 0 radical (unpaired) electrons. The summed E-state index contributed by atoms with van der Waals surface area (Å²) >= 11 is 0. The monoisotopic (exact) mass is 535 g/mol. The molecule has 1 amide bonds. The zero-order valence-corrected chi connectivity index (χ0v) is 21.2. The topological polar surface area (TPSA) is 194 Å². The maximum Gasteiger partial charge on any atom is 0.255 e. The lowest BCUT2D eigenvalue weighted by molar-refractivity contribution is -0.162. The van der Waals surface area contributed by atoms with Gasteiger partial charge in [-0.2, -0.15) is 0 Å². The second kappa shape index (κ2) is 9.23. The van der Waals surface area contributed by atoms with Crippen LogP contribution in [-0.2, 0) is 9.59 Å². The van der Waals surface area contributed by atoms with Gasteiger partial charge in [0.05, 0.1) is 23.6 Å². The van der Waals surface area contributed by atoms with Crippen LogP contribution in [0.25, 0.3) is 0 Å². The van der Waals surface area contributed by atoms with E-state index in [9.17, 15) is 39.9 Å². The largest absolute Gasteiger partial charge is 0.510 e. The molecule has 11 heteroatoms. The number of phenols is 1. The van der Waals surface area contributed by atoms with Crippen molar-refractivity contribution in [3.8, 4) is 5.75 Å². The van der Waals surface area contributed by atoms with Crippen LogP contribution in [0.5, 0.6) is 5.75 Å². The molecular formula is C28H29N3O8. The molecule has 3 aliphatic carbocycles. The van der Waals surface area contributed by atoms with Gasteiger partial charge in [0, 0.05) is 29.6 Å². The van der Waals surface area contributed by atoms with Crippen LogP contribution in [0.2, 0.25) is 0 Å². The number of aliphatic hydroxyl groups excluding tert-OH is 3. The molecule has 3 aliphatic rings. The number of rotatable bonds is 5. The summed E-state index contributed by atoms with van der Waals surface area (Å²) in [6.07, 6.45) is -1.67. The van der Waals surface area contributed by atoms with Gasteiger partial charge >= 0.3 is 0 Å². The van der Waals surface area contributed by atoms with Gasteiger partial charge < -0.3 is 36.6 Å². The van der Waals surface area contributed by atoms with E-state index in [2.05, 4.69) is 5.32 Å². The second-order valence-corrected chi connectivity index (χ2v) is 10.4. The fourth-order valence-electron chi connectivity index (χ4n) is 6.43. The Labute approximate surface area is 223 Å². The van der Waals surface area contributed by atoms with E-state index in [4.69, 9.17) is 5.73 Å². The summed E-state index contributed by atoms with van der Waals surface area (Å²) in [5.74, 6) is -9.28. The SMILES string of the molecule is CN(C)C1C(O)=C(C(N)=O)C(=O)C2(O)C(O)=C3C(=O)c4c(O)cccc4C(CNc4ccccc4)C3C(O)C12. The number of benzene rings is 2. The lowest BCUT2D eigenvalue weighted by atomic mass is 9.55. The number of carbonyl (C=O) groups excluding carboxylic acids is 3. The summed E-state index contributed by atoms with van der Waals surface area (Å²) < 4.78 is 0. The number of nitrogens with zero attached hydrogens (tertiary/aromatic N) is 1. The van der Waals surface area contributed by atoms with E-state index in [-0.39, 0.29) is 17.9 Å². The number of hydrogen-bond acceptors (Lipinski definition) is 10. The Morgan fingerprint density at radius 1 is 1.05 bits per heavy atom. The van der Waals surface area contributed by atoms with Gasteiger partial charge in [0.1, 0.15) is 22.8 Å². The molecule has 0 saturated carbocycles. The maximum absolute atomic E-state index is 13.8. The van der Waals surface area contributed by atoms with Gasteiger partial charge in [-0.1, -0.05) is 30.3 Å². The molecule has 0 spiro atoms.